The molecule has 0 aromatic heterocycles. The van der Waals surface area contributed by atoms with Crippen molar-refractivity contribution in [3.63, 3.8) is 0 Å². The molecule has 0 heterocycles. The zero-order valence-corrected chi connectivity index (χ0v) is 14.2. The summed E-state index contributed by atoms with van der Waals surface area (Å²) >= 11 is 0. The van der Waals surface area contributed by atoms with E-state index in [1.165, 1.54) is 0 Å². The van der Waals surface area contributed by atoms with Crippen LogP contribution in [-0.2, 0) is 11.3 Å². The number of carbonyl (C=O) groups is 1. The molecule has 0 bridgehead atoms. The first-order valence-electron chi connectivity index (χ1n) is 8.17. The second kappa shape index (κ2) is 8.73. The molecule has 0 radical (unpaired) electrons. The highest BCUT2D eigenvalue weighted by Crippen LogP contribution is 2.12. The first kappa shape index (κ1) is 17.6. The molecule has 0 atom stereocenters. The Kier molecular flexibility index (Phi) is 6.39. The number of carbonyl (C=O) groups excluding carboxylic acids is 1. The molecule has 0 saturated carbocycles. The maximum absolute atomic E-state index is 12.5. The molecule has 0 aliphatic rings. The summed E-state index contributed by atoms with van der Waals surface area (Å²) in [4.78, 5) is 14.4. The first-order chi connectivity index (χ1) is 11.6. The van der Waals surface area contributed by atoms with Crippen molar-refractivity contribution in [1.29, 1.82) is 5.26 Å². The predicted molar refractivity (Wildman–Crippen MR) is 96.4 cm³/mol. The van der Waals surface area contributed by atoms with Gasteiger partial charge < -0.3 is 10.2 Å². The number of nitrogens with one attached hydrogen (secondary N) is 1. The van der Waals surface area contributed by atoms with Gasteiger partial charge in [0, 0.05) is 31.2 Å². The number of anilines is 1. The summed E-state index contributed by atoms with van der Waals surface area (Å²) in [5, 5.41) is 12.0. The maximum atomic E-state index is 12.5. The molecule has 124 valence electrons. The van der Waals surface area contributed by atoms with Crippen molar-refractivity contribution in [2.75, 3.05) is 11.9 Å². The van der Waals surface area contributed by atoms with Crippen molar-refractivity contribution in [3.8, 4) is 6.07 Å². The van der Waals surface area contributed by atoms with Gasteiger partial charge >= 0.3 is 0 Å². The third-order valence-electron chi connectivity index (χ3n) is 3.82. The van der Waals surface area contributed by atoms with E-state index >= 15 is 0 Å². The highest BCUT2D eigenvalue weighted by Gasteiger charge is 2.16. The van der Waals surface area contributed by atoms with E-state index in [1.807, 2.05) is 61.2 Å². The van der Waals surface area contributed by atoms with Crippen molar-refractivity contribution in [2.24, 2.45) is 0 Å². The molecule has 4 heteroatoms. The zero-order valence-electron chi connectivity index (χ0n) is 14.2. The lowest BCUT2D eigenvalue weighted by Crippen LogP contribution is -2.37. The van der Waals surface area contributed by atoms with E-state index in [2.05, 4.69) is 11.4 Å². The molecule has 0 aliphatic heterocycles. The van der Waals surface area contributed by atoms with Crippen LogP contribution in [0.15, 0.2) is 54.6 Å². The molecule has 4 nitrogen and oxygen atoms in total. The van der Waals surface area contributed by atoms with E-state index in [4.69, 9.17) is 5.26 Å². The first-order valence-corrected chi connectivity index (χ1v) is 8.17. The van der Waals surface area contributed by atoms with Gasteiger partial charge in [-0.1, -0.05) is 30.3 Å². The van der Waals surface area contributed by atoms with Gasteiger partial charge in [-0.3, -0.25) is 4.79 Å². The summed E-state index contributed by atoms with van der Waals surface area (Å²) in [6.07, 6.45) is 0.436. The summed E-state index contributed by atoms with van der Waals surface area (Å²) in [7, 11) is 0. The van der Waals surface area contributed by atoms with Gasteiger partial charge in [0.25, 0.3) is 0 Å². The Bertz CT molecular complexity index is 687. The van der Waals surface area contributed by atoms with E-state index in [-0.39, 0.29) is 11.9 Å². The third-order valence-corrected chi connectivity index (χ3v) is 3.82. The van der Waals surface area contributed by atoms with Crippen LogP contribution in [0.5, 0.6) is 0 Å². The van der Waals surface area contributed by atoms with Gasteiger partial charge in [-0.25, -0.2) is 0 Å². The van der Waals surface area contributed by atoms with Crippen LogP contribution in [0.4, 0.5) is 5.69 Å². The fraction of sp³-hybridized carbons (Fsp3) is 0.300. The summed E-state index contributed by atoms with van der Waals surface area (Å²) in [5.41, 5.74) is 2.69. The molecule has 2 aromatic rings. The lowest BCUT2D eigenvalue weighted by Gasteiger charge is -2.27. The average molecular weight is 321 g/mol. The van der Waals surface area contributed by atoms with Gasteiger partial charge in [-0.15, -0.1) is 0 Å². The molecule has 2 aromatic carbocycles. The van der Waals surface area contributed by atoms with Gasteiger partial charge in [-0.05, 0) is 43.7 Å². The predicted octanol–water partition coefficient (Wildman–Crippen LogP) is 3.80. The van der Waals surface area contributed by atoms with Crippen molar-refractivity contribution < 1.29 is 4.79 Å². The Balaban J connectivity index is 1.87. The quantitative estimate of drug-likeness (QED) is 0.844. The molecule has 0 saturated heterocycles. The van der Waals surface area contributed by atoms with Crippen LogP contribution in [-0.4, -0.2) is 23.4 Å². The Labute approximate surface area is 143 Å². The molecule has 0 fully saturated rings. The highest BCUT2D eigenvalue weighted by atomic mass is 16.2. The zero-order chi connectivity index (χ0) is 17.4. The van der Waals surface area contributed by atoms with Crippen LogP contribution < -0.4 is 5.32 Å². The second-order valence-corrected chi connectivity index (χ2v) is 5.97. The lowest BCUT2D eigenvalue weighted by atomic mass is 10.1. The van der Waals surface area contributed by atoms with Crippen LogP contribution in [0, 0.1) is 11.3 Å². The smallest absolute Gasteiger partial charge is 0.224 e. The Morgan fingerprint density at radius 2 is 1.79 bits per heavy atom. The lowest BCUT2D eigenvalue weighted by molar-refractivity contribution is -0.133. The van der Waals surface area contributed by atoms with Gasteiger partial charge in [-0.2, -0.15) is 5.26 Å². The molecule has 2 rings (SSSR count). The third kappa shape index (κ3) is 5.13. The van der Waals surface area contributed by atoms with E-state index in [0.29, 0.717) is 25.1 Å². The number of nitriles is 1. The number of rotatable bonds is 7. The Morgan fingerprint density at radius 3 is 2.38 bits per heavy atom. The van der Waals surface area contributed by atoms with Crippen LogP contribution >= 0.6 is 0 Å². The molecule has 0 unspecified atom stereocenters. The van der Waals surface area contributed by atoms with Crippen molar-refractivity contribution in [2.45, 2.75) is 32.9 Å². The van der Waals surface area contributed by atoms with E-state index < -0.39 is 0 Å². The van der Waals surface area contributed by atoms with Crippen LogP contribution in [0.25, 0.3) is 0 Å². The highest BCUT2D eigenvalue weighted by molar-refractivity contribution is 5.77. The minimum atomic E-state index is 0.134. The topological polar surface area (TPSA) is 56.1 Å². The monoisotopic (exact) mass is 321 g/mol. The fourth-order valence-electron chi connectivity index (χ4n) is 2.46. The number of nitrogens with zero attached hydrogens (tertiary/aromatic N) is 2. The number of amides is 1. The molecule has 24 heavy (non-hydrogen) atoms. The van der Waals surface area contributed by atoms with E-state index in [9.17, 15) is 4.79 Å². The SMILES string of the molecule is CC(C)N(Cc1ccccc1)C(=O)CCNc1ccc(C#N)cc1. The average Bonchev–Trinajstić information content (AvgIpc) is 2.60. The molecule has 1 amide bonds. The van der Waals surface area contributed by atoms with Crippen LogP contribution in [0.3, 0.4) is 0 Å². The molecule has 0 spiro atoms. The summed E-state index contributed by atoms with van der Waals surface area (Å²) in [6, 6.07) is 19.5. The van der Waals surface area contributed by atoms with E-state index in [1.54, 1.807) is 12.1 Å². The Morgan fingerprint density at radius 1 is 1.12 bits per heavy atom. The molecule has 0 aliphatic carbocycles. The van der Waals surface area contributed by atoms with Crippen molar-refractivity contribution in [1.82, 2.24) is 4.90 Å². The molecular weight excluding hydrogens is 298 g/mol. The van der Waals surface area contributed by atoms with E-state index in [0.717, 1.165) is 11.3 Å². The van der Waals surface area contributed by atoms with Crippen molar-refractivity contribution >= 4 is 11.6 Å². The van der Waals surface area contributed by atoms with Gasteiger partial charge in [0.2, 0.25) is 5.91 Å². The fourth-order valence-corrected chi connectivity index (χ4v) is 2.46. The minimum absolute atomic E-state index is 0.134. The summed E-state index contributed by atoms with van der Waals surface area (Å²) in [5.74, 6) is 0.134. The minimum Gasteiger partial charge on any atom is -0.385 e. The van der Waals surface area contributed by atoms with Gasteiger partial charge in [0.1, 0.15) is 0 Å². The largest absolute Gasteiger partial charge is 0.385 e. The molecular formula is C20H23N3O. The Hall–Kier alpha value is -2.80. The van der Waals surface area contributed by atoms with Crippen LogP contribution in [0.2, 0.25) is 0 Å². The summed E-state index contributed by atoms with van der Waals surface area (Å²) < 4.78 is 0. The molecule has 1 N–H and O–H groups in total. The van der Waals surface area contributed by atoms with Gasteiger partial charge in [0.15, 0.2) is 0 Å². The van der Waals surface area contributed by atoms with Gasteiger partial charge in [0.05, 0.1) is 11.6 Å². The maximum Gasteiger partial charge on any atom is 0.224 e. The standard InChI is InChI=1S/C20H23N3O/c1-16(2)23(15-18-6-4-3-5-7-18)20(24)12-13-22-19-10-8-17(14-21)9-11-19/h3-11,16,22H,12-13,15H2,1-2H3. The number of hydrogen-bond donors (Lipinski definition) is 1. The summed E-state index contributed by atoms with van der Waals surface area (Å²) in [6.45, 7) is 5.28. The van der Waals surface area contributed by atoms with Crippen LogP contribution in [0.1, 0.15) is 31.4 Å². The second-order valence-electron chi connectivity index (χ2n) is 5.97. The number of hydrogen-bond acceptors (Lipinski definition) is 3. The number of benzene rings is 2. The normalized spacial score (nSPS) is 10.2. The van der Waals surface area contributed by atoms with Crippen molar-refractivity contribution in [3.05, 3.63) is 65.7 Å².